The van der Waals surface area contributed by atoms with Crippen LogP contribution in [-0.2, 0) is 4.79 Å². The van der Waals surface area contributed by atoms with Gasteiger partial charge in [0.25, 0.3) is 0 Å². The van der Waals surface area contributed by atoms with Crippen LogP contribution in [0.5, 0.6) is 17.2 Å². The van der Waals surface area contributed by atoms with Crippen LogP contribution >= 0.6 is 11.3 Å². The lowest BCUT2D eigenvalue weighted by Gasteiger charge is -2.37. The molecule has 3 rings (SSSR count). The number of likely N-dealkylation sites (tertiary alicyclic amines) is 1. The van der Waals surface area contributed by atoms with Gasteiger partial charge in [-0.25, -0.2) is 0 Å². The fourth-order valence-electron chi connectivity index (χ4n) is 3.75. The van der Waals surface area contributed by atoms with Gasteiger partial charge >= 0.3 is 5.97 Å². The maximum absolute atomic E-state index is 11.5. The van der Waals surface area contributed by atoms with E-state index in [1.807, 2.05) is 17.5 Å². The molecule has 27 heavy (non-hydrogen) atoms. The molecule has 1 aromatic carbocycles. The van der Waals surface area contributed by atoms with Crippen LogP contribution in [0, 0.1) is 5.92 Å². The molecule has 2 aromatic rings. The largest absolute Gasteiger partial charge is 0.493 e. The molecule has 0 amide bonds. The Balaban J connectivity index is 2.05. The molecule has 0 saturated carbocycles. The lowest BCUT2D eigenvalue weighted by Crippen LogP contribution is -2.41. The molecular formula is C20H25NO5S. The molecule has 0 bridgehead atoms. The number of piperidine rings is 1. The van der Waals surface area contributed by atoms with Crippen molar-refractivity contribution >= 4 is 17.3 Å². The Bertz CT molecular complexity index is 752. The maximum Gasteiger partial charge on any atom is 0.307 e. The van der Waals surface area contributed by atoms with Crippen LogP contribution in [0.3, 0.4) is 0 Å². The van der Waals surface area contributed by atoms with Crippen LogP contribution in [0.1, 0.15) is 30.0 Å². The predicted octanol–water partition coefficient (Wildman–Crippen LogP) is 3.66. The third-order valence-corrected chi connectivity index (χ3v) is 5.73. The number of thiophene rings is 1. The highest BCUT2D eigenvalue weighted by molar-refractivity contribution is 7.08. The molecule has 0 radical (unpaired) electrons. The van der Waals surface area contributed by atoms with Crippen molar-refractivity contribution in [3.05, 3.63) is 40.1 Å². The third kappa shape index (κ3) is 4.04. The Morgan fingerprint density at radius 3 is 2.41 bits per heavy atom. The van der Waals surface area contributed by atoms with Gasteiger partial charge in [-0.1, -0.05) is 0 Å². The Labute approximate surface area is 163 Å². The molecule has 1 aliphatic rings. The minimum Gasteiger partial charge on any atom is -0.493 e. The summed E-state index contributed by atoms with van der Waals surface area (Å²) in [5.41, 5.74) is 2.13. The van der Waals surface area contributed by atoms with Gasteiger partial charge in [0.15, 0.2) is 11.5 Å². The second-order valence-corrected chi connectivity index (χ2v) is 7.37. The summed E-state index contributed by atoms with van der Waals surface area (Å²) >= 11 is 1.63. The van der Waals surface area contributed by atoms with Gasteiger partial charge in [-0.15, -0.1) is 0 Å². The van der Waals surface area contributed by atoms with E-state index in [0.29, 0.717) is 23.8 Å². The van der Waals surface area contributed by atoms with Gasteiger partial charge < -0.3 is 19.3 Å². The summed E-state index contributed by atoms with van der Waals surface area (Å²) in [6.45, 7) is 1.37. The second-order valence-electron chi connectivity index (χ2n) is 6.59. The van der Waals surface area contributed by atoms with Crippen molar-refractivity contribution < 1.29 is 24.1 Å². The number of nitrogens with zero attached hydrogens (tertiary/aromatic N) is 1. The van der Waals surface area contributed by atoms with E-state index >= 15 is 0 Å². The van der Waals surface area contributed by atoms with E-state index in [0.717, 1.165) is 30.5 Å². The lowest BCUT2D eigenvalue weighted by molar-refractivity contribution is -0.143. The fourth-order valence-corrected chi connectivity index (χ4v) is 4.43. The van der Waals surface area contributed by atoms with Gasteiger partial charge in [-0.2, -0.15) is 11.3 Å². The van der Waals surface area contributed by atoms with Crippen LogP contribution < -0.4 is 14.2 Å². The molecule has 2 heterocycles. The molecule has 1 saturated heterocycles. The molecular weight excluding hydrogens is 366 g/mol. The van der Waals surface area contributed by atoms with Crippen LogP contribution in [0.4, 0.5) is 0 Å². The minimum atomic E-state index is -0.728. The van der Waals surface area contributed by atoms with E-state index in [1.54, 1.807) is 32.7 Å². The fraction of sp³-hybridized carbons (Fsp3) is 0.450. The number of methoxy groups -OCH3 is 3. The topological polar surface area (TPSA) is 68.2 Å². The number of hydrogen-bond acceptors (Lipinski definition) is 6. The number of ether oxygens (including phenoxy) is 3. The first-order chi connectivity index (χ1) is 13.1. The van der Waals surface area contributed by atoms with Gasteiger partial charge in [-0.3, -0.25) is 9.69 Å². The van der Waals surface area contributed by atoms with Crippen LogP contribution in [0.2, 0.25) is 0 Å². The molecule has 1 fully saturated rings. The van der Waals surface area contributed by atoms with Gasteiger partial charge in [0.1, 0.15) is 0 Å². The van der Waals surface area contributed by atoms with E-state index in [1.165, 1.54) is 0 Å². The summed E-state index contributed by atoms with van der Waals surface area (Å²) in [5.74, 6) is 0.670. The first-order valence-electron chi connectivity index (χ1n) is 8.87. The van der Waals surface area contributed by atoms with E-state index < -0.39 is 5.97 Å². The smallest absolute Gasteiger partial charge is 0.307 e. The van der Waals surface area contributed by atoms with E-state index in [9.17, 15) is 9.90 Å². The number of carboxylic acid groups (broad SMARTS) is 1. The minimum absolute atomic E-state index is 0.0629. The summed E-state index contributed by atoms with van der Waals surface area (Å²) in [7, 11) is 4.78. The number of benzene rings is 1. The summed E-state index contributed by atoms with van der Waals surface area (Å²) < 4.78 is 16.5. The van der Waals surface area contributed by atoms with Crippen LogP contribution in [-0.4, -0.2) is 50.4 Å². The SMILES string of the molecule is COc1cc(C(c2ccsc2)N2CCCC(C(=O)O)C2)cc(OC)c1OC. The van der Waals surface area contributed by atoms with Gasteiger partial charge in [-0.05, 0) is 59.5 Å². The second kappa shape index (κ2) is 8.63. The average Bonchev–Trinajstić information content (AvgIpc) is 3.21. The molecule has 1 aliphatic heterocycles. The van der Waals surface area contributed by atoms with E-state index in [4.69, 9.17) is 14.2 Å². The molecule has 146 valence electrons. The molecule has 7 heteroatoms. The average molecular weight is 391 g/mol. The normalized spacial score (nSPS) is 18.7. The Kier molecular flexibility index (Phi) is 6.23. The number of rotatable bonds is 7. The number of aliphatic carboxylic acids is 1. The highest BCUT2D eigenvalue weighted by atomic mass is 32.1. The van der Waals surface area contributed by atoms with E-state index in [-0.39, 0.29) is 12.0 Å². The van der Waals surface area contributed by atoms with Crippen LogP contribution in [0.25, 0.3) is 0 Å². The highest BCUT2D eigenvalue weighted by Gasteiger charge is 2.32. The molecule has 0 aliphatic carbocycles. The summed E-state index contributed by atoms with van der Waals surface area (Å²) in [4.78, 5) is 13.8. The van der Waals surface area contributed by atoms with Crippen LogP contribution in [0.15, 0.2) is 29.0 Å². The number of hydrogen-bond donors (Lipinski definition) is 1. The van der Waals surface area contributed by atoms with Crippen molar-refractivity contribution in [2.24, 2.45) is 5.92 Å². The monoisotopic (exact) mass is 391 g/mol. The van der Waals surface area contributed by atoms with Crippen molar-refractivity contribution in [1.82, 2.24) is 4.90 Å². The predicted molar refractivity (Wildman–Crippen MR) is 104 cm³/mol. The standard InChI is InChI=1S/C20H25NO5S/c1-24-16-9-15(10-17(25-2)19(16)26-3)18(14-6-8-27-12-14)21-7-4-5-13(11-21)20(22)23/h6,8-10,12-13,18H,4-5,7,11H2,1-3H3,(H,22,23). The number of carboxylic acids is 1. The molecule has 1 aromatic heterocycles. The quantitative estimate of drug-likeness (QED) is 0.777. The third-order valence-electron chi connectivity index (χ3n) is 5.03. The Morgan fingerprint density at radius 1 is 1.19 bits per heavy atom. The molecule has 6 nitrogen and oxygen atoms in total. The molecule has 2 atom stereocenters. The summed E-state index contributed by atoms with van der Waals surface area (Å²) in [6.07, 6.45) is 1.58. The van der Waals surface area contributed by atoms with Crippen molar-refractivity contribution in [3.8, 4) is 17.2 Å². The highest BCUT2D eigenvalue weighted by Crippen LogP contribution is 2.43. The Morgan fingerprint density at radius 2 is 1.89 bits per heavy atom. The maximum atomic E-state index is 11.5. The zero-order valence-corrected chi connectivity index (χ0v) is 16.6. The van der Waals surface area contributed by atoms with Gasteiger partial charge in [0.2, 0.25) is 5.75 Å². The van der Waals surface area contributed by atoms with Crippen molar-refractivity contribution in [2.45, 2.75) is 18.9 Å². The first-order valence-corrected chi connectivity index (χ1v) is 9.82. The zero-order valence-electron chi connectivity index (χ0n) is 15.8. The van der Waals surface area contributed by atoms with Crippen molar-refractivity contribution in [2.75, 3.05) is 34.4 Å². The van der Waals surface area contributed by atoms with Crippen molar-refractivity contribution in [3.63, 3.8) is 0 Å². The summed E-state index contributed by atoms with van der Waals surface area (Å²) in [5, 5.41) is 13.6. The molecule has 2 unspecified atom stereocenters. The Hall–Kier alpha value is -2.25. The van der Waals surface area contributed by atoms with Gasteiger partial charge in [0.05, 0.1) is 33.3 Å². The first kappa shape index (κ1) is 19.5. The van der Waals surface area contributed by atoms with Crippen molar-refractivity contribution in [1.29, 1.82) is 0 Å². The lowest BCUT2D eigenvalue weighted by atomic mass is 9.92. The number of carbonyl (C=O) groups is 1. The van der Waals surface area contributed by atoms with Gasteiger partial charge in [0, 0.05) is 6.54 Å². The zero-order chi connectivity index (χ0) is 19.4. The van der Waals surface area contributed by atoms with E-state index in [2.05, 4.69) is 16.3 Å². The summed E-state index contributed by atoms with van der Waals surface area (Å²) in [6, 6.07) is 5.93. The molecule has 1 N–H and O–H groups in total. The molecule has 0 spiro atoms.